The Hall–Kier alpha value is -0.660. The summed E-state index contributed by atoms with van der Waals surface area (Å²) in [5.74, 6) is 0.436. The number of hydrogen-bond donors (Lipinski definition) is 2. The molecule has 2 atom stereocenters. The Labute approximate surface area is 127 Å². The van der Waals surface area contributed by atoms with E-state index in [1.54, 1.807) is 0 Å². The number of rotatable bonds is 4. The maximum Gasteiger partial charge on any atom is 0.238 e. The molecule has 0 saturated carbocycles. The van der Waals surface area contributed by atoms with Gasteiger partial charge in [0.15, 0.2) is 0 Å². The first-order valence-electron chi connectivity index (χ1n) is 6.51. The number of nitrogens with zero attached hydrogens (tertiary/aromatic N) is 1. The summed E-state index contributed by atoms with van der Waals surface area (Å²) in [6, 6.07) is 7.83. The molecule has 104 valence electrons. The van der Waals surface area contributed by atoms with Gasteiger partial charge in [-0.1, -0.05) is 19.1 Å². The number of carbonyl (C=O) groups excluding carboxylic acids is 1. The number of nitrogens with one attached hydrogen (secondary N) is 1. The molecule has 0 spiro atoms. The van der Waals surface area contributed by atoms with Crippen molar-refractivity contribution < 1.29 is 9.90 Å². The average Bonchev–Trinajstić information content (AvgIpc) is 2.72. The van der Waals surface area contributed by atoms with Crippen LogP contribution in [0.4, 0.5) is 5.69 Å². The summed E-state index contributed by atoms with van der Waals surface area (Å²) in [5, 5.41) is 12.3. The molecule has 4 nitrogen and oxygen atoms in total. The van der Waals surface area contributed by atoms with E-state index in [1.807, 2.05) is 24.3 Å². The molecule has 2 unspecified atom stereocenters. The summed E-state index contributed by atoms with van der Waals surface area (Å²) in [4.78, 5) is 14.1. The van der Waals surface area contributed by atoms with Gasteiger partial charge < -0.3 is 10.4 Å². The fourth-order valence-corrected chi connectivity index (χ4v) is 3.04. The van der Waals surface area contributed by atoms with Crippen molar-refractivity contribution in [2.45, 2.75) is 19.4 Å². The third-order valence-corrected chi connectivity index (χ3v) is 4.62. The van der Waals surface area contributed by atoms with Gasteiger partial charge in [0.25, 0.3) is 0 Å². The molecule has 1 heterocycles. The summed E-state index contributed by atoms with van der Waals surface area (Å²) in [5.41, 5.74) is 0.848. The molecule has 2 N–H and O–H groups in total. The molecule has 0 bridgehead atoms. The van der Waals surface area contributed by atoms with Crippen molar-refractivity contribution >= 4 is 34.2 Å². The van der Waals surface area contributed by atoms with Crippen molar-refractivity contribution in [1.29, 1.82) is 0 Å². The van der Waals surface area contributed by atoms with Gasteiger partial charge in [-0.05, 0) is 53.6 Å². The molecule has 2 rings (SSSR count). The number of benzene rings is 1. The summed E-state index contributed by atoms with van der Waals surface area (Å²) in [6.07, 6.45) is 1.04. The molecule has 19 heavy (non-hydrogen) atoms. The fraction of sp³-hybridized carbons (Fsp3) is 0.500. The molecular weight excluding hydrogens is 355 g/mol. The molecule has 0 radical (unpaired) electrons. The lowest BCUT2D eigenvalue weighted by atomic mass is 10.0. The minimum absolute atomic E-state index is 0.0170. The van der Waals surface area contributed by atoms with E-state index in [9.17, 15) is 9.90 Å². The van der Waals surface area contributed by atoms with Crippen LogP contribution in [0.3, 0.4) is 0 Å². The number of carbonyl (C=O) groups is 1. The first-order chi connectivity index (χ1) is 9.11. The second-order valence-electron chi connectivity index (χ2n) is 5.01. The van der Waals surface area contributed by atoms with Gasteiger partial charge in [-0.3, -0.25) is 9.69 Å². The summed E-state index contributed by atoms with van der Waals surface area (Å²) in [7, 11) is 0. The van der Waals surface area contributed by atoms with Crippen molar-refractivity contribution in [3.05, 3.63) is 27.8 Å². The van der Waals surface area contributed by atoms with Crippen LogP contribution in [0.2, 0.25) is 0 Å². The van der Waals surface area contributed by atoms with Crippen molar-refractivity contribution in [2.75, 3.05) is 25.0 Å². The van der Waals surface area contributed by atoms with Crippen LogP contribution in [0.5, 0.6) is 0 Å². The lowest BCUT2D eigenvalue weighted by molar-refractivity contribution is -0.117. The average molecular weight is 374 g/mol. The molecule has 0 aliphatic carbocycles. The second kappa shape index (κ2) is 6.67. The van der Waals surface area contributed by atoms with Crippen LogP contribution < -0.4 is 5.32 Å². The van der Waals surface area contributed by atoms with E-state index in [0.29, 0.717) is 12.5 Å². The number of aliphatic hydroxyl groups excluding tert-OH is 1. The zero-order valence-corrected chi connectivity index (χ0v) is 13.1. The Morgan fingerprint density at radius 2 is 2.26 bits per heavy atom. The zero-order chi connectivity index (χ0) is 13.8. The van der Waals surface area contributed by atoms with E-state index in [1.165, 1.54) is 0 Å². The van der Waals surface area contributed by atoms with Crippen LogP contribution >= 0.6 is 22.6 Å². The summed E-state index contributed by atoms with van der Waals surface area (Å²) < 4.78 is 1.03. The number of anilines is 1. The van der Waals surface area contributed by atoms with Crippen molar-refractivity contribution in [2.24, 2.45) is 5.92 Å². The molecule has 0 aromatic heterocycles. The maximum atomic E-state index is 12.1. The Morgan fingerprint density at radius 3 is 2.95 bits per heavy atom. The maximum absolute atomic E-state index is 12.1. The van der Waals surface area contributed by atoms with Gasteiger partial charge >= 0.3 is 0 Å². The molecule has 1 aromatic carbocycles. The summed E-state index contributed by atoms with van der Waals surface area (Å²) in [6.45, 7) is 3.47. The molecule has 5 heteroatoms. The van der Waals surface area contributed by atoms with Gasteiger partial charge in [0.1, 0.15) is 0 Å². The Bertz CT molecular complexity index is 453. The standard InChI is InChI=1S/C14H19IN2O2/c1-10-6-7-17(13(10)9-18)8-14(19)16-12-5-3-2-4-11(12)15/h2-5,10,13,18H,6-9H2,1H3,(H,16,19). The van der Waals surface area contributed by atoms with Gasteiger partial charge in [0.05, 0.1) is 18.8 Å². The van der Waals surface area contributed by atoms with Crippen molar-refractivity contribution in [1.82, 2.24) is 4.90 Å². The number of likely N-dealkylation sites (tertiary alicyclic amines) is 1. The highest BCUT2D eigenvalue weighted by Gasteiger charge is 2.31. The minimum Gasteiger partial charge on any atom is -0.395 e. The topological polar surface area (TPSA) is 52.6 Å². The largest absolute Gasteiger partial charge is 0.395 e. The Kier molecular flexibility index (Phi) is 5.18. The van der Waals surface area contributed by atoms with Gasteiger partial charge in [-0.2, -0.15) is 0 Å². The van der Waals surface area contributed by atoms with E-state index in [4.69, 9.17) is 0 Å². The molecule has 1 amide bonds. The van der Waals surface area contributed by atoms with Crippen LogP contribution in [0.15, 0.2) is 24.3 Å². The predicted molar refractivity (Wildman–Crippen MR) is 84.0 cm³/mol. The lowest BCUT2D eigenvalue weighted by Gasteiger charge is -2.24. The summed E-state index contributed by atoms with van der Waals surface area (Å²) >= 11 is 2.20. The monoisotopic (exact) mass is 374 g/mol. The van der Waals surface area contributed by atoms with E-state index < -0.39 is 0 Å². The van der Waals surface area contributed by atoms with Gasteiger partial charge in [-0.25, -0.2) is 0 Å². The quantitative estimate of drug-likeness (QED) is 0.793. The Morgan fingerprint density at radius 1 is 1.53 bits per heavy atom. The molecule has 1 fully saturated rings. The van der Waals surface area contributed by atoms with E-state index in [-0.39, 0.29) is 18.6 Å². The third kappa shape index (κ3) is 3.67. The van der Waals surface area contributed by atoms with E-state index in [2.05, 4.69) is 39.7 Å². The number of para-hydroxylation sites is 1. The van der Waals surface area contributed by atoms with Gasteiger partial charge in [-0.15, -0.1) is 0 Å². The van der Waals surface area contributed by atoms with Crippen LogP contribution in [-0.4, -0.2) is 41.7 Å². The highest BCUT2D eigenvalue weighted by Crippen LogP contribution is 2.23. The normalized spacial score (nSPS) is 23.5. The minimum atomic E-state index is -0.0170. The van der Waals surface area contributed by atoms with Crippen LogP contribution in [0, 0.1) is 9.49 Å². The highest BCUT2D eigenvalue weighted by atomic mass is 127. The third-order valence-electron chi connectivity index (χ3n) is 3.68. The number of aliphatic hydroxyl groups is 1. The lowest BCUT2D eigenvalue weighted by Crippen LogP contribution is -2.40. The predicted octanol–water partition coefficient (Wildman–Crippen LogP) is 1.93. The van der Waals surface area contributed by atoms with E-state index in [0.717, 1.165) is 22.2 Å². The number of halogens is 1. The van der Waals surface area contributed by atoms with Gasteiger partial charge in [0, 0.05) is 9.61 Å². The van der Waals surface area contributed by atoms with Crippen molar-refractivity contribution in [3.8, 4) is 0 Å². The van der Waals surface area contributed by atoms with Crippen LogP contribution in [0.25, 0.3) is 0 Å². The molecule has 1 saturated heterocycles. The zero-order valence-electron chi connectivity index (χ0n) is 11.0. The second-order valence-corrected chi connectivity index (χ2v) is 6.18. The van der Waals surface area contributed by atoms with Crippen molar-refractivity contribution in [3.63, 3.8) is 0 Å². The highest BCUT2D eigenvalue weighted by molar-refractivity contribution is 14.1. The van der Waals surface area contributed by atoms with Crippen LogP contribution in [0.1, 0.15) is 13.3 Å². The first-order valence-corrected chi connectivity index (χ1v) is 7.59. The molecular formula is C14H19IN2O2. The van der Waals surface area contributed by atoms with Gasteiger partial charge in [0.2, 0.25) is 5.91 Å². The van der Waals surface area contributed by atoms with Crippen LogP contribution in [-0.2, 0) is 4.79 Å². The Balaban J connectivity index is 1.93. The number of amides is 1. The molecule has 1 aliphatic rings. The smallest absolute Gasteiger partial charge is 0.238 e. The first kappa shape index (κ1) is 14.7. The van der Waals surface area contributed by atoms with E-state index >= 15 is 0 Å². The molecule has 1 aliphatic heterocycles. The molecule has 1 aromatic rings. The fourth-order valence-electron chi connectivity index (χ4n) is 2.52. The SMILES string of the molecule is CC1CCN(CC(=O)Nc2ccccc2I)C1CO. The number of hydrogen-bond acceptors (Lipinski definition) is 3.